The topological polar surface area (TPSA) is 34.0 Å². The van der Waals surface area contributed by atoms with Gasteiger partial charge in [0.2, 0.25) is 5.56 Å². The first-order chi connectivity index (χ1) is 9.24. The molecule has 0 saturated heterocycles. The molecule has 1 aromatic heterocycles. The van der Waals surface area contributed by atoms with Gasteiger partial charge in [-0.25, -0.2) is 0 Å². The molecule has 0 aliphatic heterocycles. The molecule has 1 heterocycles. The second kappa shape index (κ2) is 4.92. The van der Waals surface area contributed by atoms with Gasteiger partial charge in [-0.05, 0) is 36.5 Å². The number of benzene rings is 1. The molecule has 0 radical (unpaired) electrons. The normalized spacial score (nSPS) is 17.8. The van der Waals surface area contributed by atoms with Crippen LogP contribution in [0.4, 0.5) is 5.69 Å². The third-order valence-corrected chi connectivity index (χ3v) is 3.80. The van der Waals surface area contributed by atoms with E-state index in [0.717, 1.165) is 12.1 Å². The quantitative estimate of drug-likeness (QED) is 0.894. The summed E-state index contributed by atoms with van der Waals surface area (Å²) in [7, 11) is 1.78. The molecule has 1 aromatic carbocycles. The number of hydrogen-bond acceptors (Lipinski definition) is 2. The van der Waals surface area contributed by atoms with Gasteiger partial charge in [-0.2, -0.15) is 0 Å². The molecule has 0 spiro atoms. The predicted molar refractivity (Wildman–Crippen MR) is 77.4 cm³/mol. The summed E-state index contributed by atoms with van der Waals surface area (Å²) in [5.41, 5.74) is 3.86. The summed E-state index contributed by atoms with van der Waals surface area (Å²) in [5.74, 6) is 0. The average Bonchev–Trinajstić information content (AvgIpc) is 2.43. The molecule has 0 fully saturated rings. The third kappa shape index (κ3) is 2.41. The van der Waals surface area contributed by atoms with Gasteiger partial charge >= 0.3 is 0 Å². The number of rotatable bonds is 2. The Bertz CT molecular complexity index is 645. The number of nitrogens with zero attached hydrogens (tertiary/aromatic N) is 1. The van der Waals surface area contributed by atoms with Crippen molar-refractivity contribution in [1.29, 1.82) is 0 Å². The SMILES string of the molecule is Cn1cc(NC2CCCc3ccccc32)ccc1=O. The van der Waals surface area contributed by atoms with Crippen molar-refractivity contribution < 1.29 is 0 Å². The maximum Gasteiger partial charge on any atom is 0.250 e. The van der Waals surface area contributed by atoms with Gasteiger partial charge in [-0.3, -0.25) is 4.79 Å². The van der Waals surface area contributed by atoms with Crippen LogP contribution < -0.4 is 10.9 Å². The van der Waals surface area contributed by atoms with E-state index in [4.69, 9.17) is 0 Å². The van der Waals surface area contributed by atoms with Crippen molar-refractivity contribution in [2.24, 2.45) is 7.05 Å². The van der Waals surface area contributed by atoms with Crippen LogP contribution in [0.2, 0.25) is 0 Å². The lowest BCUT2D eigenvalue weighted by Crippen LogP contribution is -2.20. The van der Waals surface area contributed by atoms with Crippen LogP contribution in [0.15, 0.2) is 47.4 Å². The molecular weight excluding hydrogens is 236 g/mol. The van der Waals surface area contributed by atoms with E-state index >= 15 is 0 Å². The van der Waals surface area contributed by atoms with Gasteiger partial charge in [0.05, 0.1) is 11.7 Å². The molecule has 98 valence electrons. The predicted octanol–water partition coefficient (Wildman–Crippen LogP) is 2.87. The van der Waals surface area contributed by atoms with Gasteiger partial charge < -0.3 is 9.88 Å². The van der Waals surface area contributed by atoms with Crippen LogP contribution >= 0.6 is 0 Å². The highest BCUT2D eigenvalue weighted by Crippen LogP contribution is 2.31. The number of nitrogens with one attached hydrogen (secondary N) is 1. The second-order valence-corrected chi connectivity index (χ2v) is 5.15. The van der Waals surface area contributed by atoms with Crippen LogP contribution in [0.1, 0.15) is 30.0 Å². The molecule has 1 aliphatic carbocycles. The Hall–Kier alpha value is -2.03. The first-order valence-corrected chi connectivity index (χ1v) is 6.75. The zero-order valence-corrected chi connectivity index (χ0v) is 11.1. The summed E-state index contributed by atoms with van der Waals surface area (Å²) in [6.07, 6.45) is 5.38. The highest BCUT2D eigenvalue weighted by molar-refractivity contribution is 5.45. The summed E-state index contributed by atoms with van der Waals surface area (Å²) in [5, 5.41) is 3.55. The minimum absolute atomic E-state index is 0.0228. The zero-order valence-electron chi connectivity index (χ0n) is 11.1. The Morgan fingerprint density at radius 3 is 2.89 bits per heavy atom. The van der Waals surface area contributed by atoms with Crippen LogP contribution in [0.25, 0.3) is 0 Å². The van der Waals surface area contributed by atoms with E-state index in [2.05, 4.69) is 29.6 Å². The molecular formula is C16H18N2O. The fourth-order valence-corrected chi connectivity index (χ4v) is 2.78. The maximum absolute atomic E-state index is 11.4. The largest absolute Gasteiger partial charge is 0.377 e. The lowest BCUT2D eigenvalue weighted by Gasteiger charge is -2.27. The van der Waals surface area contributed by atoms with E-state index in [9.17, 15) is 4.79 Å². The van der Waals surface area contributed by atoms with Gasteiger partial charge in [0.1, 0.15) is 0 Å². The molecule has 1 N–H and O–H groups in total. The van der Waals surface area contributed by atoms with Crippen LogP contribution in [0.5, 0.6) is 0 Å². The van der Waals surface area contributed by atoms with Gasteiger partial charge in [0, 0.05) is 19.3 Å². The van der Waals surface area contributed by atoms with E-state index in [1.54, 1.807) is 17.7 Å². The molecule has 3 rings (SSSR count). The molecule has 3 heteroatoms. The van der Waals surface area contributed by atoms with Crippen molar-refractivity contribution in [1.82, 2.24) is 4.57 Å². The minimum atomic E-state index is 0.0228. The maximum atomic E-state index is 11.4. The zero-order chi connectivity index (χ0) is 13.2. The second-order valence-electron chi connectivity index (χ2n) is 5.15. The van der Waals surface area contributed by atoms with Crippen molar-refractivity contribution in [2.75, 3.05) is 5.32 Å². The van der Waals surface area contributed by atoms with Crippen LogP contribution in [-0.4, -0.2) is 4.57 Å². The van der Waals surface area contributed by atoms with Crippen molar-refractivity contribution in [3.63, 3.8) is 0 Å². The van der Waals surface area contributed by atoms with E-state index in [0.29, 0.717) is 6.04 Å². The van der Waals surface area contributed by atoms with Crippen molar-refractivity contribution in [2.45, 2.75) is 25.3 Å². The molecule has 0 saturated carbocycles. The number of fused-ring (bicyclic) bond motifs is 1. The standard InChI is InChI=1S/C16H18N2O/c1-18-11-13(9-10-16(18)19)17-15-8-4-6-12-5-2-3-7-14(12)15/h2-3,5,7,9-11,15,17H,4,6,8H2,1H3. The van der Waals surface area contributed by atoms with E-state index in [1.807, 2.05) is 12.3 Å². The molecule has 0 amide bonds. The lowest BCUT2D eigenvalue weighted by molar-refractivity contribution is 0.599. The number of aromatic nitrogens is 1. The Labute approximate surface area is 112 Å². The van der Waals surface area contributed by atoms with Crippen molar-refractivity contribution in [3.8, 4) is 0 Å². The summed E-state index contributed by atoms with van der Waals surface area (Å²) < 4.78 is 1.61. The molecule has 0 bridgehead atoms. The van der Waals surface area contributed by atoms with Gasteiger partial charge in [-0.15, -0.1) is 0 Å². The Kier molecular flexibility index (Phi) is 3.11. The summed E-state index contributed by atoms with van der Waals surface area (Å²) in [4.78, 5) is 11.4. The molecule has 19 heavy (non-hydrogen) atoms. The van der Waals surface area contributed by atoms with E-state index in [-0.39, 0.29) is 5.56 Å². The number of anilines is 1. The first kappa shape index (κ1) is 12.0. The van der Waals surface area contributed by atoms with Crippen molar-refractivity contribution in [3.05, 3.63) is 64.1 Å². The lowest BCUT2D eigenvalue weighted by atomic mass is 9.87. The fourth-order valence-electron chi connectivity index (χ4n) is 2.78. The molecule has 1 aliphatic rings. The number of pyridine rings is 1. The average molecular weight is 254 g/mol. The first-order valence-electron chi connectivity index (χ1n) is 6.75. The molecule has 1 unspecified atom stereocenters. The van der Waals surface area contributed by atoms with Gasteiger partial charge in [-0.1, -0.05) is 24.3 Å². The highest BCUT2D eigenvalue weighted by atomic mass is 16.1. The van der Waals surface area contributed by atoms with E-state index in [1.165, 1.54) is 24.0 Å². The third-order valence-electron chi connectivity index (χ3n) is 3.80. The summed E-state index contributed by atoms with van der Waals surface area (Å²) in [6, 6.07) is 12.4. The van der Waals surface area contributed by atoms with Gasteiger partial charge in [0.15, 0.2) is 0 Å². The molecule has 3 nitrogen and oxygen atoms in total. The minimum Gasteiger partial charge on any atom is -0.377 e. The Morgan fingerprint density at radius 1 is 1.21 bits per heavy atom. The highest BCUT2D eigenvalue weighted by Gasteiger charge is 2.19. The molecule has 2 aromatic rings. The van der Waals surface area contributed by atoms with Crippen LogP contribution in [0.3, 0.4) is 0 Å². The summed E-state index contributed by atoms with van der Waals surface area (Å²) in [6.45, 7) is 0. The van der Waals surface area contributed by atoms with E-state index < -0.39 is 0 Å². The number of aryl methyl sites for hydroxylation is 2. The Balaban J connectivity index is 1.88. The fraction of sp³-hybridized carbons (Fsp3) is 0.312. The Morgan fingerprint density at radius 2 is 2.05 bits per heavy atom. The van der Waals surface area contributed by atoms with Crippen LogP contribution in [-0.2, 0) is 13.5 Å². The van der Waals surface area contributed by atoms with Gasteiger partial charge in [0.25, 0.3) is 0 Å². The smallest absolute Gasteiger partial charge is 0.250 e. The van der Waals surface area contributed by atoms with Crippen LogP contribution in [0, 0.1) is 0 Å². The van der Waals surface area contributed by atoms with Crippen molar-refractivity contribution >= 4 is 5.69 Å². The molecule has 1 atom stereocenters. The monoisotopic (exact) mass is 254 g/mol. The summed E-state index contributed by atoms with van der Waals surface area (Å²) >= 11 is 0. The number of hydrogen-bond donors (Lipinski definition) is 1.